The quantitative estimate of drug-likeness (QED) is 0.803. The van der Waals surface area contributed by atoms with E-state index in [9.17, 15) is 4.79 Å². The Morgan fingerprint density at radius 3 is 2.93 bits per heavy atom. The Kier molecular flexibility index (Phi) is 4.05. The molecule has 2 N–H and O–H groups in total. The summed E-state index contributed by atoms with van der Waals surface area (Å²) in [6, 6.07) is 0. The predicted octanol–water partition coefficient (Wildman–Crippen LogP) is 1.60. The highest BCUT2D eigenvalue weighted by Gasteiger charge is 2.17. The Hall–Kier alpha value is -1.14. The average molecular weight is 230 g/mol. The van der Waals surface area contributed by atoms with Gasteiger partial charge in [-0.3, -0.25) is 0 Å². The van der Waals surface area contributed by atoms with Crippen LogP contribution in [0.15, 0.2) is 0 Å². The number of hydrogen-bond acceptors (Lipinski definition) is 5. The fourth-order valence-electron chi connectivity index (χ4n) is 1.06. The second kappa shape index (κ2) is 5.09. The SMILES string of the molecule is COC(C)CNc1snc(C)c1C(=O)O. The zero-order valence-electron chi connectivity index (χ0n) is 8.90. The highest BCUT2D eigenvalue weighted by molar-refractivity contribution is 7.10. The zero-order chi connectivity index (χ0) is 11.4. The molecule has 0 aromatic carbocycles. The number of nitrogens with zero attached hydrogens (tertiary/aromatic N) is 1. The highest BCUT2D eigenvalue weighted by Crippen LogP contribution is 2.24. The summed E-state index contributed by atoms with van der Waals surface area (Å²) in [6.07, 6.45) is 0.0362. The summed E-state index contributed by atoms with van der Waals surface area (Å²) in [6.45, 7) is 4.16. The molecular formula is C9H14N2O3S. The van der Waals surface area contributed by atoms with E-state index in [0.29, 0.717) is 17.2 Å². The van der Waals surface area contributed by atoms with Crippen molar-refractivity contribution >= 4 is 22.5 Å². The van der Waals surface area contributed by atoms with E-state index in [1.807, 2.05) is 6.92 Å². The second-order valence-electron chi connectivity index (χ2n) is 3.20. The van der Waals surface area contributed by atoms with Gasteiger partial charge in [-0.25, -0.2) is 4.79 Å². The smallest absolute Gasteiger partial charge is 0.340 e. The van der Waals surface area contributed by atoms with Gasteiger partial charge in [0.05, 0.1) is 11.8 Å². The Labute approximate surface area is 92.2 Å². The molecule has 1 atom stereocenters. The van der Waals surface area contributed by atoms with E-state index >= 15 is 0 Å². The van der Waals surface area contributed by atoms with Crippen LogP contribution in [0.4, 0.5) is 5.00 Å². The summed E-state index contributed by atoms with van der Waals surface area (Å²) in [5.74, 6) is -0.950. The van der Waals surface area contributed by atoms with Crippen molar-refractivity contribution in [1.29, 1.82) is 0 Å². The first-order valence-electron chi connectivity index (χ1n) is 4.52. The molecule has 0 bridgehead atoms. The normalized spacial score (nSPS) is 12.5. The van der Waals surface area contributed by atoms with Crippen LogP contribution in [0.2, 0.25) is 0 Å². The fraction of sp³-hybridized carbons (Fsp3) is 0.556. The van der Waals surface area contributed by atoms with Gasteiger partial charge in [0.2, 0.25) is 0 Å². The predicted molar refractivity (Wildman–Crippen MR) is 58.8 cm³/mol. The molecule has 84 valence electrons. The lowest BCUT2D eigenvalue weighted by Crippen LogP contribution is -2.18. The lowest BCUT2D eigenvalue weighted by atomic mass is 10.2. The molecule has 0 saturated heterocycles. The van der Waals surface area contributed by atoms with Gasteiger partial charge in [-0.1, -0.05) is 0 Å². The van der Waals surface area contributed by atoms with Gasteiger partial charge in [0.25, 0.3) is 0 Å². The number of rotatable bonds is 5. The van der Waals surface area contributed by atoms with Gasteiger partial charge in [-0.05, 0) is 25.4 Å². The monoisotopic (exact) mass is 230 g/mol. The van der Waals surface area contributed by atoms with Crippen molar-refractivity contribution in [3.8, 4) is 0 Å². The topological polar surface area (TPSA) is 71.5 Å². The van der Waals surface area contributed by atoms with E-state index in [0.717, 1.165) is 11.5 Å². The Bertz CT molecular complexity index is 351. The Balaban J connectivity index is 2.73. The zero-order valence-corrected chi connectivity index (χ0v) is 9.72. The number of carboxylic acid groups (broad SMARTS) is 1. The van der Waals surface area contributed by atoms with E-state index in [2.05, 4.69) is 9.69 Å². The summed E-state index contributed by atoms with van der Waals surface area (Å²) in [5.41, 5.74) is 0.795. The first kappa shape index (κ1) is 11.9. The van der Waals surface area contributed by atoms with Gasteiger partial charge in [0, 0.05) is 13.7 Å². The molecule has 1 rings (SSSR count). The van der Waals surface area contributed by atoms with Crippen molar-refractivity contribution < 1.29 is 14.6 Å². The summed E-state index contributed by atoms with van der Waals surface area (Å²) in [7, 11) is 1.61. The number of aromatic nitrogens is 1. The van der Waals surface area contributed by atoms with E-state index in [1.54, 1.807) is 14.0 Å². The third-order valence-corrected chi connectivity index (χ3v) is 2.93. The molecule has 0 amide bonds. The van der Waals surface area contributed by atoms with Crippen molar-refractivity contribution in [3.05, 3.63) is 11.3 Å². The standard InChI is InChI=1S/C9H14N2O3S/c1-5(14-3)4-10-8-7(9(12)13)6(2)11-15-8/h5,10H,4H2,1-3H3,(H,12,13). The fourth-order valence-corrected chi connectivity index (χ4v) is 1.86. The van der Waals surface area contributed by atoms with Crippen molar-refractivity contribution in [2.45, 2.75) is 20.0 Å². The van der Waals surface area contributed by atoms with Gasteiger partial charge in [0.1, 0.15) is 10.6 Å². The summed E-state index contributed by atoms with van der Waals surface area (Å²) < 4.78 is 9.05. The molecule has 0 aliphatic rings. The maximum absolute atomic E-state index is 10.9. The molecule has 1 aromatic rings. The molecule has 15 heavy (non-hydrogen) atoms. The van der Waals surface area contributed by atoms with Crippen LogP contribution in [0.3, 0.4) is 0 Å². The maximum atomic E-state index is 10.9. The van der Waals surface area contributed by atoms with E-state index in [-0.39, 0.29) is 11.7 Å². The third kappa shape index (κ3) is 2.90. The minimum absolute atomic E-state index is 0.0362. The molecule has 1 aromatic heterocycles. The van der Waals surface area contributed by atoms with Gasteiger partial charge < -0.3 is 15.2 Å². The maximum Gasteiger partial charge on any atom is 0.340 e. The second-order valence-corrected chi connectivity index (χ2v) is 3.98. The minimum Gasteiger partial charge on any atom is -0.478 e. The first-order chi connectivity index (χ1) is 7.06. The van der Waals surface area contributed by atoms with Crippen molar-refractivity contribution in [2.24, 2.45) is 0 Å². The van der Waals surface area contributed by atoms with Crippen molar-refractivity contribution in [2.75, 3.05) is 19.0 Å². The average Bonchev–Trinajstić information content (AvgIpc) is 2.56. The molecular weight excluding hydrogens is 216 g/mol. The van der Waals surface area contributed by atoms with E-state index in [1.165, 1.54) is 0 Å². The van der Waals surface area contributed by atoms with Crippen LogP contribution in [-0.4, -0.2) is 35.2 Å². The van der Waals surface area contributed by atoms with E-state index < -0.39 is 5.97 Å². The number of methoxy groups -OCH3 is 1. The van der Waals surface area contributed by atoms with Gasteiger partial charge in [-0.2, -0.15) is 4.37 Å². The van der Waals surface area contributed by atoms with Crippen LogP contribution in [-0.2, 0) is 4.74 Å². The van der Waals surface area contributed by atoms with Crippen LogP contribution in [0.5, 0.6) is 0 Å². The molecule has 1 unspecified atom stereocenters. The molecule has 0 fully saturated rings. The van der Waals surface area contributed by atoms with Gasteiger partial charge in [0.15, 0.2) is 0 Å². The molecule has 0 spiro atoms. The van der Waals surface area contributed by atoms with Crippen LogP contribution in [0.1, 0.15) is 23.0 Å². The molecule has 0 saturated carbocycles. The Morgan fingerprint density at radius 2 is 2.40 bits per heavy atom. The van der Waals surface area contributed by atoms with Crippen LogP contribution < -0.4 is 5.32 Å². The van der Waals surface area contributed by atoms with Crippen LogP contribution in [0, 0.1) is 6.92 Å². The number of carboxylic acids is 1. The lowest BCUT2D eigenvalue weighted by molar-refractivity contribution is 0.0697. The number of nitrogens with one attached hydrogen (secondary N) is 1. The molecule has 0 aliphatic carbocycles. The first-order valence-corrected chi connectivity index (χ1v) is 5.29. The minimum atomic E-state index is -0.950. The largest absolute Gasteiger partial charge is 0.478 e. The summed E-state index contributed by atoms with van der Waals surface area (Å²) in [4.78, 5) is 10.9. The number of carbonyl (C=O) groups is 1. The molecule has 0 radical (unpaired) electrons. The highest BCUT2D eigenvalue weighted by atomic mass is 32.1. The molecule has 6 heteroatoms. The summed E-state index contributed by atoms with van der Waals surface area (Å²) in [5, 5.41) is 12.6. The summed E-state index contributed by atoms with van der Waals surface area (Å²) >= 11 is 1.16. The third-order valence-electron chi connectivity index (χ3n) is 2.03. The van der Waals surface area contributed by atoms with Crippen molar-refractivity contribution in [1.82, 2.24) is 4.37 Å². The number of aromatic carboxylic acids is 1. The molecule has 1 heterocycles. The number of anilines is 1. The molecule has 0 aliphatic heterocycles. The number of hydrogen-bond donors (Lipinski definition) is 2. The number of ether oxygens (including phenoxy) is 1. The van der Waals surface area contributed by atoms with Gasteiger partial charge in [-0.15, -0.1) is 0 Å². The Morgan fingerprint density at radius 1 is 1.73 bits per heavy atom. The van der Waals surface area contributed by atoms with E-state index in [4.69, 9.17) is 9.84 Å². The lowest BCUT2D eigenvalue weighted by Gasteiger charge is -2.10. The van der Waals surface area contributed by atoms with Gasteiger partial charge >= 0.3 is 5.97 Å². The number of aryl methyl sites for hydroxylation is 1. The van der Waals surface area contributed by atoms with Crippen LogP contribution >= 0.6 is 11.5 Å². The van der Waals surface area contributed by atoms with Crippen LogP contribution in [0.25, 0.3) is 0 Å². The molecule has 5 nitrogen and oxygen atoms in total. The van der Waals surface area contributed by atoms with Crippen molar-refractivity contribution in [3.63, 3.8) is 0 Å².